The largest absolute Gasteiger partial charge is 0.493 e. The molecule has 0 spiro atoms. The number of fused-ring (bicyclic) bond motifs is 1. The Balaban J connectivity index is 1.78. The minimum Gasteiger partial charge on any atom is -0.493 e. The number of aromatic nitrogens is 2. The zero-order valence-electron chi connectivity index (χ0n) is 12.7. The van der Waals surface area contributed by atoms with Crippen molar-refractivity contribution >= 4 is 0 Å². The predicted molar refractivity (Wildman–Crippen MR) is 83.6 cm³/mol. The van der Waals surface area contributed by atoms with Crippen LogP contribution in [0.4, 0.5) is 0 Å². The molecule has 0 aliphatic carbocycles. The fourth-order valence-electron chi connectivity index (χ4n) is 3.05. The van der Waals surface area contributed by atoms with Crippen molar-refractivity contribution in [3.63, 3.8) is 0 Å². The quantitative estimate of drug-likeness (QED) is 0.918. The summed E-state index contributed by atoms with van der Waals surface area (Å²) >= 11 is 0. The third-order valence-corrected chi connectivity index (χ3v) is 4.27. The van der Waals surface area contributed by atoms with Crippen molar-refractivity contribution in [1.82, 2.24) is 9.78 Å². The summed E-state index contributed by atoms with van der Waals surface area (Å²) in [6.45, 7) is 5.82. The first-order valence-corrected chi connectivity index (χ1v) is 7.75. The maximum atomic E-state index is 6.48. The normalized spacial score (nSPS) is 18.3. The van der Waals surface area contributed by atoms with Crippen molar-refractivity contribution in [3.05, 3.63) is 47.3 Å². The highest BCUT2D eigenvalue weighted by atomic mass is 16.5. The summed E-state index contributed by atoms with van der Waals surface area (Å²) in [5.74, 6) is 1.25. The molecule has 112 valence electrons. The highest BCUT2D eigenvalue weighted by Crippen LogP contribution is 2.35. The molecule has 3 rings (SSSR count). The number of ether oxygens (including phenoxy) is 1. The van der Waals surface area contributed by atoms with E-state index in [0.717, 1.165) is 30.8 Å². The minimum absolute atomic E-state index is 0.0559. The molecule has 1 aromatic heterocycles. The standard InChI is InChI=1S/C17H23N3O/c1-3-12-9-13(20(4-2)19-12)10-16(18)15-11-21-17-8-6-5-7-14(15)17/h5-9,15-16H,3-4,10-11,18H2,1-2H3. The second-order valence-electron chi connectivity index (χ2n) is 5.62. The number of nitrogens with two attached hydrogens (primary N) is 1. The van der Waals surface area contributed by atoms with Gasteiger partial charge in [-0.15, -0.1) is 0 Å². The molecule has 0 amide bonds. The molecule has 2 heterocycles. The third-order valence-electron chi connectivity index (χ3n) is 4.27. The highest BCUT2D eigenvalue weighted by molar-refractivity contribution is 5.40. The van der Waals surface area contributed by atoms with E-state index in [1.807, 2.05) is 12.1 Å². The Kier molecular flexibility index (Phi) is 3.97. The topological polar surface area (TPSA) is 53.1 Å². The average Bonchev–Trinajstić information content (AvgIpc) is 3.10. The fourth-order valence-corrected chi connectivity index (χ4v) is 3.05. The monoisotopic (exact) mass is 285 g/mol. The Hall–Kier alpha value is -1.81. The van der Waals surface area contributed by atoms with Crippen LogP contribution in [0.5, 0.6) is 5.75 Å². The van der Waals surface area contributed by atoms with Gasteiger partial charge in [0.1, 0.15) is 5.75 Å². The van der Waals surface area contributed by atoms with Crippen LogP contribution in [0.25, 0.3) is 0 Å². The number of benzene rings is 1. The summed E-state index contributed by atoms with van der Waals surface area (Å²) in [6.07, 6.45) is 1.80. The number of nitrogens with zero attached hydrogens (tertiary/aromatic N) is 2. The number of para-hydroxylation sites is 1. The first-order valence-electron chi connectivity index (χ1n) is 7.75. The lowest BCUT2D eigenvalue weighted by molar-refractivity contribution is 0.312. The van der Waals surface area contributed by atoms with Crippen LogP contribution >= 0.6 is 0 Å². The second-order valence-corrected chi connectivity index (χ2v) is 5.62. The smallest absolute Gasteiger partial charge is 0.122 e. The molecule has 1 aliphatic rings. The van der Waals surface area contributed by atoms with Gasteiger partial charge in [-0.2, -0.15) is 5.10 Å². The molecule has 2 atom stereocenters. The number of aryl methyl sites for hydroxylation is 2. The number of hydrogen-bond acceptors (Lipinski definition) is 3. The first-order chi connectivity index (χ1) is 10.2. The van der Waals surface area contributed by atoms with Gasteiger partial charge in [0.05, 0.1) is 12.3 Å². The van der Waals surface area contributed by atoms with Gasteiger partial charge in [-0.25, -0.2) is 0 Å². The van der Waals surface area contributed by atoms with Gasteiger partial charge in [0, 0.05) is 36.2 Å². The van der Waals surface area contributed by atoms with Gasteiger partial charge < -0.3 is 10.5 Å². The van der Waals surface area contributed by atoms with Crippen LogP contribution in [0.1, 0.15) is 36.7 Å². The summed E-state index contributed by atoms with van der Waals surface area (Å²) in [4.78, 5) is 0. The molecule has 0 saturated carbocycles. The van der Waals surface area contributed by atoms with Crippen LogP contribution in [0, 0.1) is 0 Å². The van der Waals surface area contributed by atoms with Crippen molar-refractivity contribution in [2.75, 3.05) is 6.61 Å². The third kappa shape index (κ3) is 2.68. The lowest BCUT2D eigenvalue weighted by Gasteiger charge is -2.18. The molecule has 0 radical (unpaired) electrons. The van der Waals surface area contributed by atoms with E-state index < -0.39 is 0 Å². The zero-order chi connectivity index (χ0) is 14.8. The van der Waals surface area contributed by atoms with Gasteiger partial charge in [-0.1, -0.05) is 25.1 Å². The van der Waals surface area contributed by atoms with Crippen LogP contribution in [0.3, 0.4) is 0 Å². The molecule has 4 heteroatoms. The lowest BCUT2D eigenvalue weighted by Crippen LogP contribution is -2.32. The molecule has 1 aliphatic heterocycles. The number of rotatable bonds is 5. The van der Waals surface area contributed by atoms with E-state index in [4.69, 9.17) is 10.5 Å². The Morgan fingerprint density at radius 3 is 2.95 bits per heavy atom. The van der Waals surface area contributed by atoms with Crippen molar-refractivity contribution < 1.29 is 4.74 Å². The van der Waals surface area contributed by atoms with Crippen molar-refractivity contribution in [1.29, 1.82) is 0 Å². The average molecular weight is 285 g/mol. The van der Waals surface area contributed by atoms with Crippen LogP contribution < -0.4 is 10.5 Å². The summed E-state index contributed by atoms with van der Waals surface area (Å²) in [5.41, 5.74) is 10.1. The Morgan fingerprint density at radius 2 is 2.19 bits per heavy atom. The SMILES string of the molecule is CCc1cc(CC(N)C2COc3ccccc32)n(CC)n1. The van der Waals surface area contributed by atoms with Crippen LogP contribution in [0.2, 0.25) is 0 Å². The van der Waals surface area contributed by atoms with E-state index in [2.05, 4.69) is 41.8 Å². The van der Waals surface area contributed by atoms with E-state index >= 15 is 0 Å². The predicted octanol–water partition coefficient (Wildman–Crippen LogP) is 2.51. The molecule has 1 aromatic carbocycles. The van der Waals surface area contributed by atoms with E-state index in [1.54, 1.807) is 0 Å². The molecule has 0 fully saturated rings. The van der Waals surface area contributed by atoms with Gasteiger partial charge in [-0.3, -0.25) is 4.68 Å². The van der Waals surface area contributed by atoms with Crippen LogP contribution in [-0.2, 0) is 19.4 Å². The molecule has 21 heavy (non-hydrogen) atoms. The molecule has 4 nitrogen and oxygen atoms in total. The van der Waals surface area contributed by atoms with Crippen molar-refractivity contribution in [2.45, 2.75) is 45.2 Å². The maximum Gasteiger partial charge on any atom is 0.122 e. The molecule has 2 N–H and O–H groups in total. The highest BCUT2D eigenvalue weighted by Gasteiger charge is 2.29. The van der Waals surface area contributed by atoms with Gasteiger partial charge in [0.15, 0.2) is 0 Å². The summed E-state index contributed by atoms with van der Waals surface area (Å²) < 4.78 is 7.82. The zero-order valence-corrected chi connectivity index (χ0v) is 12.7. The molecule has 2 unspecified atom stereocenters. The van der Waals surface area contributed by atoms with Crippen molar-refractivity contribution in [3.8, 4) is 5.75 Å². The summed E-state index contributed by atoms with van der Waals surface area (Å²) in [7, 11) is 0. The summed E-state index contributed by atoms with van der Waals surface area (Å²) in [5, 5.41) is 4.60. The number of hydrogen-bond donors (Lipinski definition) is 1. The van der Waals surface area contributed by atoms with E-state index in [9.17, 15) is 0 Å². The molecule has 0 saturated heterocycles. The Morgan fingerprint density at radius 1 is 1.38 bits per heavy atom. The Bertz CT molecular complexity index is 620. The van der Waals surface area contributed by atoms with E-state index in [1.165, 1.54) is 11.3 Å². The van der Waals surface area contributed by atoms with Crippen molar-refractivity contribution in [2.24, 2.45) is 5.73 Å². The Labute approximate surface area is 125 Å². The minimum atomic E-state index is 0.0559. The van der Waals surface area contributed by atoms with Crippen LogP contribution in [0.15, 0.2) is 30.3 Å². The van der Waals surface area contributed by atoms with E-state index in [0.29, 0.717) is 6.61 Å². The van der Waals surface area contributed by atoms with Gasteiger partial charge in [0.25, 0.3) is 0 Å². The second kappa shape index (κ2) is 5.90. The lowest BCUT2D eigenvalue weighted by atomic mass is 9.91. The summed E-state index contributed by atoms with van der Waals surface area (Å²) in [6, 6.07) is 10.4. The first kappa shape index (κ1) is 14.1. The molecular formula is C17H23N3O. The fraction of sp³-hybridized carbons (Fsp3) is 0.471. The maximum absolute atomic E-state index is 6.48. The molecule has 0 bridgehead atoms. The van der Waals surface area contributed by atoms with Gasteiger partial charge in [-0.05, 0) is 25.5 Å². The molecule has 2 aromatic rings. The van der Waals surface area contributed by atoms with Gasteiger partial charge in [0.2, 0.25) is 0 Å². The van der Waals surface area contributed by atoms with E-state index in [-0.39, 0.29) is 12.0 Å². The van der Waals surface area contributed by atoms with Gasteiger partial charge >= 0.3 is 0 Å². The van der Waals surface area contributed by atoms with Crippen LogP contribution in [-0.4, -0.2) is 22.4 Å². The molecular weight excluding hydrogens is 262 g/mol.